The van der Waals surface area contributed by atoms with Crippen molar-refractivity contribution in [2.75, 3.05) is 0 Å². The molecule has 0 aliphatic heterocycles. The molecule has 0 saturated carbocycles. The Kier molecular flexibility index (Phi) is 6.66. The highest BCUT2D eigenvalue weighted by Gasteiger charge is 2.26. The van der Waals surface area contributed by atoms with Gasteiger partial charge in [0.2, 0.25) is 0 Å². The molecule has 0 radical (unpaired) electrons. The van der Waals surface area contributed by atoms with Crippen LogP contribution in [0.4, 0.5) is 0 Å². The van der Waals surface area contributed by atoms with E-state index in [1.54, 1.807) is 0 Å². The van der Waals surface area contributed by atoms with Crippen LogP contribution in [0.1, 0.15) is 78.0 Å². The van der Waals surface area contributed by atoms with Crippen LogP contribution in [-0.4, -0.2) is 11.6 Å². The van der Waals surface area contributed by atoms with Gasteiger partial charge in [-0.1, -0.05) is 76.6 Å². The third-order valence-corrected chi connectivity index (χ3v) is 5.25. The van der Waals surface area contributed by atoms with E-state index < -0.39 is 0 Å². The maximum Gasteiger partial charge on any atom is 0.119 e. The largest absolute Gasteiger partial charge is 0.490 e. The third kappa shape index (κ3) is 6.67. The first-order chi connectivity index (χ1) is 12.8. The zero-order valence-corrected chi connectivity index (χ0v) is 19.1. The van der Waals surface area contributed by atoms with E-state index in [0.29, 0.717) is 0 Å². The predicted molar refractivity (Wildman–Crippen MR) is 121 cm³/mol. The van der Waals surface area contributed by atoms with E-state index in [9.17, 15) is 0 Å². The molecule has 0 spiro atoms. The average molecular weight is 382 g/mol. The SMILES string of the molecule is Cc1ccc(C(C)(C)c2ccc(OC(CC(C)(C)C)CC(C)(C)N)cc2)cc1. The highest BCUT2D eigenvalue weighted by atomic mass is 16.5. The number of hydrogen-bond acceptors (Lipinski definition) is 2. The molecule has 0 heterocycles. The summed E-state index contributed by atoms with van der Waals surface area (Å²) < 4.78 is 6.38. The molecule has 1 unspecified atom stereocenters. The highest BCUT2D eigenvalue weighted by molar-refractivity contribution is 5.40. The van der Waals surface area contributed by atoms with Gasteiger partial charge < -0.3 is 10.5 Å². The van der Waals surface area contributed by atoms with Gasteiger partial charge in [0.1, 0.15) is 11.9 Å². The van der Waals surface area contributed by atoms with Crippen LogP contribution in [0.25, 0.3) is 0 Å². The van der Waals surface area contributed by atoms with Crippen molar-refractivity contribution in [1.82, 2.24) is 0 Å². The van der Waals surface area contributed by atoms with Crippen LogP contribution in [0.15, 0.2) is 48.5 Å². The Balaban J connectivity index is 2.18. The highest BCUT2D eigenvalue weighted by Crippen LogP contribution is 2.33. The number of benzene rings is 2. The lowest BCUT2D eigenvalue weighted by molar-refractivity contribution is 0.116. The number of nitrogens with two attached hydrogens (primary N) is 1. The van der Waals surface area contributed by atoms with E-state index in [2.05, 4.69) is 104 Å². The Labute approximate surface area is 172 Å². The van der Waals surface area contributed by atoms with Gasteiger partial charge in [0.05, 0.1) is 0 Å². The topological polar surface area (TPSA) is 35.2 Å². The monoisotopic (exact) mass is 381 g/mol. The number of aryl methyl sites for hydroxylation is 1. The second kappa shape index (κ2) is 8.29. The molecule has 0 aliphatic carbocycles. The Morgan fingerprint density at radius 2 is 1.21 bits per heavy atom. The lowest BCUT2D eigenvalue weighted by atomic mass is 9.78. The molecule has 0 bridgehead atoms. The van der Waals surface area contributed by atoms with E-state index in [1.165, 1.54) is 16.7 Å². The molecule has 2 heteroatoms. The van der Waals surface area contributed by atoms with Crippen LogP contribution < -0.4 is 10.5 Å². The van der Waals surface area contributed by atoms with E-state index in [0.717, 1.165) is 18.6 Å². The first-order valence-corrected chi connectivity index (χ1v) is 10.4. The smallest absolute Gasteiger partial charge is 0.119 e. The summed E-state index contributed by atoms with van der Waals surface area (Å²) in [6.45, 7) is 17.6. The summed E-state index contributed by atoms with van der Waals surface area (Å²) in [6.07, 6.45) is 1.92. The Bertz CT molecular complexity index is 727. The third-order valence-electron chi connectivity index (χ3n) is 5.25. The van der Waals surface area contributed by atoms with Gasteiger partial charge in [-0.25, -0.2) is 0 Å². The summed E-state index contributed by atoms with van der Waals surface area (Å²) in [6, 6.07) is 17.4. The van der Waals surface area contributed by atoms with Crippen molar-refractivity contribution in [3.05, 3.63) is 65.2 Å². The van der Waals surface area contributed by atoms with Gasteiger partial charge >= 0.3 is 0 Å². The van der Waals surface area contributed by atoms with Gasteiger partial charge in [0.25, 0.3) is 0 Å². The fourth-order valence-corrected chi connectivity index (χ4v) is 3.70. The fraction of sp³-hybridized carbons (Fsp3) is 0.538. The van der Waals surface area contributed by atoms with Crippen LogP contribution in [0.3, 0.4) is 0 Å². The van der Waals surface area contributed by atoms with Crippen LogP contribution in [-0.2, 0) is 5.41 Å². The summed E-state index contributed by atoms with van der Waals surface area (Å²) in [7, 11) is 0. The molecule has 2 rings (SSSR count). The van der Waals surface area contributed by atoms with Crippen molar-refractivity contribution in [1.29, 1.82) is 0 Å². The lowest BCUT2D eigenvalue weighted by Crippen LogP contribution is -2.39. The second-order valence-corrected chi connectivity index (χ2v) is 10.7. The summed E-state index contributed by atoms with van der Waals surface area (Å²) in [5.41, 5.74) is 10.1. The molecule has 0 aromatic heterocycles. The Hall–Kier alpha value is -1.80. The van der Waals surface area contributed by atoms with Crippen LogP contribution in [0, 0.1) is 12.3 Å². The number of hydrogen-bond donors (Lipinski definition) is 1. The molecule has 0 saturated heterocycles. The molecular formula is C26H39NO. The van der Waals surface area contributed by atoms with Gasteiger partial charge in [-0.15, -0.1) is 0 Å². The summed E-state index contributed by atoms with van der Waals surface area (Å²) in [5.74, 6) is 0.918. The average Bonchev–Trinajstić information content (AvgIpc) is 2.52. The first-order valence-electron chi connectivity index (χ1n) is 10.4. The minimum atomic E-state index is -0.247. The molecule has 2 aromatic rings. The zero-order chi connectivity index (χ0) is 21.2. The molecule has 0 amide bonds. The number of rotatable bonds is 7. The van der Waals surface area contributed by atoms with Gasteiger partial charge in [-0.2, -0.15) is 0 Å². The molecule has 28 heavy (non-hydrogen) atoms. The molecular weight excluding hydrogens is 342 g/mol. The number of ether oxygens (including phenoxy) is 1. The van der Waals surface area contributed by atoms with Crippen molar-refractivity contribution in [3.63, 3.8) is 0 Å². The van der Waals surface area contributed by atoms with E-state index in [1.807, 2.05) is 0 Å². The van der Waals surface area contributed by atoms with Gasteiger partial charge in [-0.3, -0.25) is 0 Å². The van der Waals surface area contributed by atoms with Crippen LogP contribution >= 0.6 is 0 Å². The van der Waals surface area contributed by atoms with Crippen molar-refractivity contribution < 1.29 is 4.74 Å². The first kappa shape index (κ1) is 22.5. The molecule has 1 atom stereocenters. The van der Waals surface area contributed by atoms with Gasteiger partial charge in [0, 0.05) is 17.4 Å². The van der Waals surface area contributed by atoms with E-state index >= 15 is 0 Å². The zero-order valence-electron chi connectivity index (χ0n) is 19.1. The predicted octanol–water partition coefficient (Wildman–Crippen LogP) is 6.63. The second-order valence-electron chi connectivity index (χ2n) is 10.7. The normalized spacial score (nSPS) is 14.0. The van der Waals surface area contributed by atoms with Crippen molar-refractivity contribution in [3.8, 4) is 5.75 Å². The van der Waals surface area contributed by atoms with Crippen molar-refractivity contribution in [2.45, 2.75) is 85.3 Å². The van der Waals surface area contributed by atoms with Crippen LogP contribution in [0.5, 0.6) is 5.75 Å². The lowest BCUT2D eigenvalue weighted by Gasteiger charge is -2.31. The quantitative estimate of drug-likeness (QED) is 0.584. The summed E-state index contributed by atoms with van der Waals surface area (Å²) >= 11 is 0. The Morgan fingerprint density at radius 1 is 0.750 bits per heavy atom. The standard InChI is InChI=1S/C26H39NO/c1-19-9-11-20(12-10-19)26(7,8)21-13-15-22(16-14-21)28-23(17-24(2,3)4)18-25(5,6)27/h9-16,23H,17-18,27H2,1-8H3. The molecule has 0 fully saturated rings. The fourth-order valence-electron chi connectivity index (χ4n) is 3.70. The van der Waals surface area contributed by atoms with Gasteiger partial charge in [-0.05, 0) is 55.9 Å². The van der Waals surface area contributed by atoms with Crippen LogP contribution in [0.2, 0.25) is 0 Å². The molecule has 2 nitrogen and oxygen atoms in total. The molecule has 0 aliphatic rings. The molecule has 2 aromatic carbocycles. The summed E-state index contributed by atoms with van der Waals surface area (Å²) in [5, 5.41) is 0. The van der Waals surface area contributed by atoms with Crippen molar-refractivity contribution >= 4 is 0 Å². The van der Waals surface area contributed by atoms with Crippen molar-refractivity contribution in [2.24, 2.45) is 11.1 Å². The minimum Gasteiger partial charge on any atom is -0.490 e. The van der Waals surface area contributed by atoms with E-state index in [-0.39, 0.29) is 22.5 Å². The summed E-state index contributed by atoms with van der Waals surface area (Å²) in [4.78, 5) is 0. The maximum atomic E-state index is 6.38. The maximum absolute atomic E-state index is 6.38. The molecule has 154 valence electrons. The molecule has 2 N–H and O–H groups in total. The van der Waals surface area contributed by atoms with E-state index in [4.69, 9.17) is 10.5 Å². The van der Waals surface area contributed by atoms with Gasteiger partial charge in [0.15, 0.2) is 0 Å². The minimum absolute atomic E-state index is 0.0453. The Morgan fingerprint density at radius 3 is 1.64 bits per heavy atom.